The highest BCUT2D eigenvalue weighted by Gasteiger charge is 2.35. The highest BCUT2D eigenvalue weighted by atomic mass is 79.9. The van der Waals surface area contributed by atoms with E-state index in [1.165, 1.54) is 12.3 Å². The first-order valence-electron chi connectivity index (χ1n) is 5.88. The second kappa shape index (κ2) is 5.85. The quantitative estimate of drug-likeness (QED) is 0.862. The van der Waals surface area contributed by atoms with Gasteiger partial charge >= 0.3 is 6.18 Å². The summed E-state index contributed by atoms with van der Waals surface area (Å²) in [6.45, 7) is 1.79. The molecule has 0 spiro atoms. The zero-order valence-corrected chi connectivity index (χ0v) is 12.4. The molecule has 1 heterocycles. The normalized spacial score (nSPS) is 11.3. The number of carbonyl (C=O) groups excluding carboxylic acids is 1. The number of halogens is 4. The van der Waals surface area contributed by atoms with E-state index in [1.54, 1.807) is 19.1 Å². The zero-order chi connectivity index (χ0) is 15.6. The summed E-state index contributed by atoms with van der Waals surface area (Å²) < 4.78 is 39.2. The maximum absolute atomic E-state index is 13.0. The maximum atomic E-state index is 13.0. The van der Waals surface area contributed by atoms with Crippen LogP contribution in [0.3, 0.4) is 0 Å². The number of nitrogens with one attached hydrogen (secondary N) is 1. The van der Waals surface area contributed by atoms with E-state index in [9.17, 15) is 18.0 Å². The van der Waals surface area contributed by atoms with Crippen LogP contribution in [-0.2, 0) is 6.18 Å². The van der Waals surface area contributed by atoms with Gasteiger partial charge in [-0.1, -0.05) is 15.9 Å². The Morgan fingerprint density at radius 3 is 2.57 bits per heavy atom. The molecule has 3 nitrogen and oxygen atoms in total. The number of amides is 1. The van der Waals surface area contributed by atoms with Crippen molar-refractivity contribution in [3.63, 3.8) is 0 Å². The van der Waals surface area contributed by atoms with Gasteiger partial charge in [-0.2, -0.15) is 13.2 Å². The van der Waals surface area contributed by atoms with Crippen LogP contribution in [0.2, 0.25) is 0 Å². The van der Waals surface area contributed by atoms with Gasteiger partial charge in [0.1, 0.15) is 5.82 Å². The summed E-state index contributed by atoms with van der Waals surface area (Å²) in [5.74, 6) is -0.649. The van der Waals surface area contributed by atoms with Crippen LogP contribution < -0.4 is 5.32 Å². The fraction of sp³-hybridized carbons (Fsp3) is 0.143. The second-order valence-corrected chi connectivity index (χ2v) is 5.28. The van der Waals surface area contributed by atoms with Crippen LogP contribution in [0.4, 0.5) is 19.0 Å². The number of pyridine rings is 1. The highest BCUT2D eigenvalue weighted by molar-refractivity contribution is 9.10. The van der Waals surface area contributed by atoms with Crippen molar-refractivity contribution in [2.45, 2.75) is 13.1 Å². The molecular weight excluding hydrogens is 349 g/mol. The van der Waals surface area contributed by atoms with Crippen LogP contribution in [0.1, 0.15) is 21.5 Å². The molecular formula is C14H10BrF3N2O. The van der Waals surface area contributed by atoms with Crippen LogP contribution in [0.15, 0.2) is 41.0 Å². The van der Waals surface area contributed by atoms with Gasteiger partial charge in [-0.05, 0) is 42.8 Å². The molecule has 1 aromatic carbocycles. The minimum absolute atomic E-state index is 0.205. The second-order valence-electron chi connectivity index (χ2n) is 4.36. The Morgan fingerprint density at radius 1 is 1.24 bits per heavy atom. The van der Waals surface area contributed by atoms with Crippen molar-refractivity contribution < 1.29 is 18.0 Å². The van der Waals surface area contributed by atoms with Crippen molar-refractivity contribution in [3.8, 4) is 0 Å². The lowest BCUT2D eigenvalue weighted by atomic mass is 10.1. The average Bonchev–Trinajstić information content (AvgIpc) is 2.37. The molecule has 0 bridgehead atoms. The summed E-state index contributed by atoms with van der Waals surface area (Å²) in [5, 5.41) is 2.37. The molecule has 1 N–H and O–H groups in total. The minimum atomic E-state index is -4.61. The van der Waals surface area contributed by atoms with Gasteiger partial charge in [-0.3, -0.25) is 4.79 Å². The lowest BCUT2D eigenvalue weighted by molar-refractivity contribution is -0.137. The van der Waals surface area contributed by atoms with Crippen LogP contribution in [0.5, 0.6) is 0 Å². The Kier molecular flexibility index (Phi) is 4.32. The van der Waals surface area contributed by atoms with E-state index < -0.39 is 23.2 Å². The van der Waals surface area contributed by atoms with Gasteiger partial charge in [0, 0.05) is 10.7 Å². The summed E-state index contributed by atoms with van der Waals surface area (Å²) in [7, 11) is 0. The Morgan fingerprint density at radius 2 is 1.95 bits per heavy atom. The van der Waals surface area contributed by atoms with E-state index in [0.717, 1.165) is 17.7 Å². The van der Waals surface area contributed by atoms with Gasteiger partial charge in [0.25, 0.3) is 5.91 Å². The monoisotopic (exact) mass is 358 g/mol. The van der Waals surface area contributed by atoms with Gasteiger partial charge in [0.2, 0.25) is 0 Å². The topological polar surface area (TPSA) is 42.0 Å². The first-order chi connectivity index (χ1) is 9.77. The molecule has 0 atom stereocenters. The number of hydrogen-bond donors (Lipinski definition) is 1. The first-order valence-corrected chi connectivity index (χ1v) is 6.67. The Hall–Kier alpha value is -1.89. The molecule has 1 aromatic heterocycles. The molecule has 110 valence electrons. The van der Waals surface area contributed by atoms with Crippen molar-refractivity contribution in [2.75, 3.05) is 5.32 Å². The fourth-order valence-electron chi connectivity index (χ4n) is 1.74. The largest absolute Gasteiger partial charge is 0.417 e. The zero-order valence-electron chi connectivity index (χ0n) is 10.8. The number of alkyl halides is 3. The van der Waals surface area contributed by atoms with E-state index in [0.29, 0.717) is 0 Å². The van der Waals surface area contributed by atoms with Crippen molar-refractivity contribution in [1.29, 1.82) is 0 Å². The van der Waals surface area contributed by atoms with Crippen molar-refractivity contribution in [3.05, 3.63) is 57.7 Å². The van der Waals surface area contributed by atoms with Crippen LogP contribution in [0.25, 0.3) is 0 Å². The number of nitrogens with zero attached hydrogens (tertiary/aromatic N) is 1. The van der Waals surface area contributed by atoms with E-state index in [1.807, 2.05) is 0 Å². The van der Waals surface area contributed by atoms with Gasteiger partial charge in [-0.15, -0.1) is 0 Å². The molecule has 2 aromatic rings. The number of aromatic nitrogens is 1. The summed E-state index contributed by atoms with van der Waals surface area (Å²) in [5.41, 5.74) is -0.608. The smallest absolute Gasteiger partial charge is 0.307 e. The molecule has 0 aliphatic rings. The molecule has 7 heteroatoms. The fourth-order valence-corrected chi connectivity index (χ4v) is 2.10. The van der Waals surface area contributed by atoms with Gasteiger partial charge in [-0.25, -0.2) is 4.98 Å². The van der Waals surface area contributed by atoms with E-state index >= 15 is 0 Å². The maximum Gasteiger partial charge on any atom is 0.417 e. The standard InChI is InChI=1S/C14H10BrF3N2O/c1-8-4-5-19-12(6-8)20-13(21)10-3-2-9(15)7-11(10)14(16,17)18/h2-7H,1H3,(H,19,20,21). The molecule has 2 rings (SSSR count). The third kappa shape index (κ3) is 3.81. The number of anilines is 1. The minimum Gasteiger partial charge on any atom is -0.307 e. The number of rotatable bonds is 2. The van der Waals surface area contributed by atoms with Gasteiger partial charge in [0.15, 0.2) is 0 Å². The average molecular weight is 359 g/mol. The van der Waals surface area contributed by atoms with Crippen LogP contribution in [0, 0.1) is 6.92 Å². The van der Waals surface area contributed by atoms with Gasteiger partial charge < -0.3 is 5.32 Å². The number of carbonyl (C=O) groups is 1. The summed E-state index contributed by atoms with van der Waals surface area (Å²) in [6.07, 6.45) is -3.15. The lowest BCUT2D eigenvalue weighted by Crippen LogP contribution is -2.19. The SMILES string of the molecule is Cc1ccnc(NC(=O)c2ccc(Br)cc2C(F)(F)F)c1. The van der Waals surface area contributed by atoms with Crippen molar-refractivity contribution in [1.82, 2.24) is 4.98 Å². The summed E-state index contributed by atoms with van der Waals surface area (Å²) in [4.78, 5) is 15.9. The number of benzene rings is 1. The van der Waals surface area contributed by atoms with E-state index in [4.69, 9.17) is 0 Å². The van der Waals surface area contributed by atoms with E-state index in [-0.39, 0.29) is 10.3 Å². The predicted octanol–water partition coefficient (Wildman–Crippen LogP) is 4.42. The summed E-state index contributed by atoms with van der Waals surface area (Å²) in [6, 6.07) is 6.67. The number of aryl methyl sites for hydroxylation is 1. The molecule has 0 aliphatic heterocycles. The third-order valence-corrected chi connectivity index (χ3v) is 3.18. The van der Waals surface area contributed by atoms with E-state index in [2.05, 4.69) is 26.2 Å². The molecule has 0 aliphatic carbocycles. The molecule has 1 amide bonds. The van der Waals surface area contributed by atoms with Crippen LogP contribution in [-0.4, -0.2) is 10.9 Å². The first kappa shape index (κ1) is 15.5. The summed E-state index contributed by atoms with van der Waals surface area (Å²) >= 11 is 2.97. The van der Waals surface area contributed by atoms with Crippen molar-refractivity contribution >= 4 is 27.7 Å². The molecule has 0 fully saturated rings. The lowest BCUT2D eigenvalue weighted by Gasteiger charge is -2.13. The Balaban J connectivity index is 2.35. The molecule has 0 saturated heterocycles. The van der Waals surface area contributed by atoms with Crippen LogP contribution >= 0.6 is 15.9 Å². The third-order valence-electron chi connectivity index (χ3n) is 2.69. The highest BCUT2D eigenvalue weighted by Crippen LogP contribution is 2.34. The molecule has 0 radical (unpaired) electrons. The molecule has 0 unspecified atom stereocenters. The molecule has 0 saturated carbocycles. The Labute approximate surface area is 127 Å². The van der Waals surface area contributed by atoms with Gasteiger partial charge in [0.05, 0.1) is 11.1 Å². The molecule has 21 heavy (non-hydrogen) atoms. The number of hydrogen-bond acceptors (Lipinski definition) is 2. The predicted molar refractivity (Wildman–Crippen MR) is 76.1 cm³/mol. The van der Waals surface area contributed by atoms with Crippen molar-refractivity contribution in [2.24, 2.45) is 0 Å². The Bertz CT molecular complexity index is 686.